The summed E-state index contributed by atoms with van der Waals surface area (Å²) in [6.07, 6.45) is 0.969. The van der Waals surface area contributed by atoms with Crippen LogP contribution >= 0.6 is 11.8 Å². The predicted octanol–water partition coefficient (Wildman–Crippen LogP) is 3.21. The summed E-state index contributed by atoms with van der Waals surface area (Å²) in [4.78, 5) is 52.5. The third-order valence-electron chi connectivity index (χ3n) is 4.53. The molecule has 0 aliphatic rings. The molecule has 0 saturated heterocycles. The Hall–Kier alpha value is -3.53. The molecule has 2 aromatic carbocycles. The molecule has 3 rings (SSSR count). The van der Waals surface area contributed by atoms with Crippen LogP contribution in [-0.2, 0) is 11.3 Å². The molecule has 1 heterocycles. The van der Waals surface area contributed by atoms with Crippen LogP contribution in [0, 0.1) is 0 Å². The summed E-state index contributed by atoms with van der Waals surface area (Å²) >= 11 is 1.48. The minimum Gasteiger partial charge on any atom is -0.450 e. The molecule has 0 radical (unpaired) electrons. The summed E-state index contributed by atoms with van der Waals surface area (Å²) in [5, 5.41) is 2.63. The molecular weight excluding hydrogens is 432 g/mol. The van der Waals surface area contributed by atoms with Gasteiger partial charge in [-0.3, -0.25) is 10.3 Å². The number of carbonyl (C=O) groups excluding carboxylic acids is 1. The van der Waals surface area contributed by atoms with Gasteiger partial charge in [0.05, 0.1) is 12.3 Å². The highest BCUT2D eigenvalue weighted by Crippen LogP contribution is 2.29. The highest BCUT2D eigenvalue weighted by molar-refractivity contribution is 7.99. The van der Waals surface area contributed by atoms with Crippen LogP contribution in [0.25, 0.3) is 5.69 Å². The van der Waals surface area contributed by atoms with Crippen molar-refractivity contribution in [2.24, 2.45) is 0 Å². The van der Waals surface area contributed by atoms with E-state index in [9.17, 15) is 19.2 Å². The van der Waals surface area contributed by atoms with Crippen LogP contribution in [-0.4, -0.2) is 26.8 Å². The number of aromatic amines is 1. The molecule has 0 saturated carbocycles. The van der Waals surface area contributed by atoms with E-state index in [0.717, 1.165) is 25.3 Å². The molecule has 0 fully saturated rings. The summed E-state index contributed by atoms with van der Waals surface area (Å²) in [7, 11) is 0. The van der Waals surface area contributed by atoms with E-state index < -0.39 is 23.2 Å². The number of H-pyrrole nitrogens is 1. The summed E-state index contributed by atoms with van der Waals surface area (Å²) in [6, 6.07) is 14.2. The Labute approximate surface area is 188 Å². The van der Waals surface area contributed by atoms with Crippen molar-refractivity contribution in [1.29, 1.82) is 0 Å². The zero-order valence-electron chi connectivity index (χ0n) is 17.8. The predicted molar refractivity (Wildman–Crippen MR) is 123 cm³/mol. The highest BCUT2D eigenvalue weighted by Gasteiger charge is 2.11. The largest absolute Gasteiger partial charge is 0.450 e. The Kier molecular flexibility index (Phi) is 7.72. The van der Waals surface area contributed by atoms with E-state index in [4.69, 9.17) is 4.74 Å². The number of carbonyl (C=O) groups is 1. The van der Waals surface area contributed by atoms with Gasteiger partial charge in [0.15, 0.2) is 0 Å². The molecule has 0 bridgehead atoms. The first kappa shape index (κ1) is 23.1. The average molecular weight is 457 g/mol. The van der Waals surface area contributed by atoms with Crippen LogP contribution in [0.3, 0.4) is 0 Å². The molecule has 3 aromatic rings. The van der Waals surface area contributed by atoms with Gasteiger partial charge in [0.2, 0.25) is 0 Å². The summed E-state index contributed by atoms with van der Waals surface area (Å²) < 4.78 is 6.85. The van der Waals surface area contributed by atoms with Crippen LogP contribution in [0.2, 0.25) is 0 Å². The molecule has 0 aliphatic heterocycles. The van der Waals surface area contributed by atoms with Gasteiger partial charge in [-0.15, -0.1) is 0 Å². The van der Waals surface area contributed by atoms with Crippen LogP contribution in [0.15, 0.2) is 72.7 Å². The second-order valence-corrected chi connectivity index (χ2v) is 7.97. The highest BCUT2D eigenvalue weighted by atomic mass is 32.2. The van der Waals surface area contributed by atoms with Gasteiger partial charge in [-0.1, -0.05) is 25.1 Å². The quantitative estimate of drug-likeness (QED) is 0.538. The second kappa shape index (κ2) is 10.7. The second-order valence-electron chi connectivity index (χ2n) is 6.82. The number of nitrogens with one attached hydrogen (secondary N) is 2. The van der Waals surface area contributed by atoms with Gasteiger partial charge in [-0.05, 0) is 61.9 Å². The molecular formula is C22H24N4O5S. The van der Waals surface area contributed by atoms with Crippen LogP contribution in [0.4, 0.5) is 10.5 Å². The zero-order valence-corrected chi connectivity index (χ0v) is 18.6. The Morgan fingerprint density at radius 3 is 2.19 bits per heavy atom. The van der Waals surface area contributed by atoms with E-state index in [1.54, 1.807) is 43.3 Å². The van der Waals surface area contributed by atoms with Crippen LogP contribution < -0.4 is 22.4 Å². The molecule has 1 amide bonds. The van der Waals surface area contributed by atoms with Crippen molar-refractivity contribution in [3.05, 3.63) is 80.0 Å². The number of benzene rings is 2. The molecule has 32 heavy (non-hydrogen) atoms. The van der Waals surface area contributed by atoms with Crippen LogP contribution in [0.1, 0.15) is 26.7 Å². The molecule has 1 aromatic heterocycles. The zero-order chi connectivity index (χ0) is 23.1. The number of amides is 1. The van der Waals surface area contributed by atoms with Crippen molar-refractivity contribution in [3.63, 3.8) is 0 Å². The van der Waals surface area contributed by atoms with Crippen molar-refractivity contribution in [3.8, 4) is 5.69 Å². The topological polar surface area (TPSA) is 115 Å². The van der Waals surface area contributed by atoms with E-state index in [-0.39, 0.29) is 6.54 Å². The number of ether oxygens (including phenoxy) is 1. The van der Waals surface area contributed by atoms with Crippen molar-refractivity contribution >= 4 is 23.5 Å². The molecule has 9 nitrogen and oxygen atoms in total. The number of aromatic nitrogens is 3. The molecule has 0 atom stereocenters. The lowest BCUT2D eigenvalue weighted by molar-refractivity contribution is 0.168. The Morgan fingerprint density at radius 1 is 0.969 bits per heavy atom. The Bertz CT molecular complexity index is 1240. The number of nitrogens with zero attached hydrogens (tertiary/aromatic N) is 2. The fourth-order valence-electron chi connectivity index (χ4n) is 2.94. The van der Waals surface area contributed by atoms with Crippen molar-refractivity contribution in [2.75, 3.05) is 11.9 Å². The minimum atomic E-state index is -0.766. The van der Waals surface area contributed by atoms with E-state index >= 15 is 0 Å². The smallest absolute Gasteiger partial charge is 0.411 e. The lowest BCUT2D eigenvalue weighted by Gasteiger charge is -2.09. The SMILES string of the molecule is CCCCn1c(=O)[nH]c(=O)n(-c2ccc(Sc3ccc(NC(=O)OCC)cc3)cc2)c1=O. The van der Waals surface area contributed by atoms with Crippen molar-refractivity contribution < 1.29 is 9.53 Å². The van der Waals surface area contributed by atoms with Gasteiger partial charge in [0.25, 0.3) is 0 Å². The van der Waals surface area contributed by atoms with Gasteiger partial charge >= 0.3 is 23.2 Å². The maximum Gasteiger partial charge on any atom is 0.411 e. The van der Waals surface area contributed by atoms with Gasteiger partial charge in [-0.25, -0.2) is 28.3 Å². The van der Waals surface area contributed by atoms with E-state index in [0.29, 0.717) is 24.4 Å². The third kappa shape index (κ3) is 5.58. The number of unbranched alkanes of at least 4 members (excludes halogenated alkanes) is 1. The van der Waals surface area contributed by atoms with E-state index in [1.807, 2.05) is 19.1 Å². The summed E-state index contributed by atoms with van der Waals surface area (Å²) in [5.41, 5.74) is -1.12. The first-order valence-electron chi connectivity index (χ1n) is 10.2. The normalized spacial score (nSPS) is 10.7. The third-order valence-corrected chi connectivity index (χ3v) is 5.54. The molecule has 0 spiro atoms. The Morgan fingerprint density at radius 2 is 1.59 bits per heavy atom. The Balaban J connectivity index is 1.77. The van der Waals surface area contributed by atoms with Gasteiger partial charge < -0.3 is 4.74 Å². The average Bonchev–Trinajstić information content (AvgIpc) is 2.76. The van der Waals surface area contributed by atoms with Crippen molar-refractivity contribution in [1.82, 2.24) is 14.1 Å². The van der Waals surface area contributed by atoms with Crippen LogP contribution in [0.5, 0.6) is 0 Å². The fraction of sp³-hybridized carbons (Fsp3) is 0.273. The van der Waals surface area contributed by atoms with Gasteiger partial charge in [0, 0.05) is 22.0 Å². The molecule has 2 N–H and O–H groups in total. The summed E-state index contributed by atoms with van der Waals surface area (Å²) in [6.45, 7) is 4.24. The number of rotatable bonds is 8. The van der Waals surface area contributed by atoms with Crippen molar-refractivity contribution in [2.45, 2.75) is 43.0 Å². The molecule has 0 unspecified atom stereocenters. The maximum atomic E-state index is 12.7. The maximum absolute atomic E-state index is 12.7. The number of hydrogen-bond donors (Lipinski definition) is 2. The first-order chi connectivity index (χ1) is 15.4. The van der Waals surface area contributed by atoms with E-state index in [1.165, 1.54) is 11.8 Å². The minimum absolute atomic E-state index is 0.250. The summed E-state index contributed by atoms with van der Waals surface area (Å²) in [5.74, 6) is 0. The number of anilines is 1. The lowest BCUT2D eigenvalue weighted by Crippen LogP contribution is -2.48. The lowest BCUT2D eigenvalue weighted by atomic mass is 10.3. The molecule has 0 aliphatic carbocycles. The van der Waals surface area contributed by atoms with Gasteiger partial charge in [-0.2, -0.15) is 0 Å². The fourth-order valence-corrected chi connectivity index (χ4v) is 3.76. The van der Waals surface area contributed by atoms with E-state index in [2.05, 4.69) is 10.3 Å². The first-order valence-corrected chi connectivity index (χ1v) is 11.0. The van der Waals surface area contributed by atoms with Gasteiger partial charge in [0.1, 0.15) is 0 Å². The monoisotopic (exact) mass is 456 g/mol. The standard InChI is InChI=1S/C22H24N4O5S/c1-3-5-14-25-19(27)24-20(28)26(22(25)30)16-8-12-18(13-9-16)32-17-10-6-15(7-11-17)23-21(29)31-4-2/h6-13H,3-5,14H2,1-2H3,(H,23,29)(H,24,27,28). The number of hydrogen-bond acceptors (Lipinski definition) is 6. The molecule has 168 valence electrons. The molecule has 10 heteroatoms.